The lowest BCUT2D eigenvalue weighted by Gasteiger charge is -2.33. The van der Waals surface area contributed by atoms with Crippen molar-refractivity contribution >= 4 is 70.5 Å². The number of Topliss-reactive ketones (excluding diaryl/α,β-unsaturated/α-hetero) is 4. The van der Waals surface area contributed by atoms with Crippen LogP contribution in [-0.2, 0) is 96.1 Å². The van der Waals surface area contributed by atoms with Crippen molar-refractivity contribution in [2.45, 2.75) is 200 Å². The Labute approximate surface area is 648 Å². The quantitative estimate of drug-likeness (QED) is 0.0193. The highest BCUT2D eigenvalue weighted by Gasteiger charge is 2.50. The predicted molar refractivity (Wildman–Crippen MR) is 407 cm³/mol. The van der Waals surface area contributed by atoms with Crippen molar-refractivity contribution in [1.29, 1.82) is 0 Å². The van der Waals surface area contributed by atoms with Gasteiger partial charge in [-0.25, -0.2) is 9.37 Å². The molecule has 6 aromatic rings. The maximum atomic E-state index is 15.6. The number of aliphatic hydroxyl groups is 3. The summed E-state index contributed by atoms with van der Waals surface area (Å²) < 4.78 is 21.6. The maximum absolute atomic E-state index is 15.6. The van der Waals surface area contributed by atoms with E-state index < -0.39 is 193 Å². The number of nitrogens with two attached hydrogens (primary N) is 2. The monoisotopic (exact) mass is 1550 g/mol. The molecule has 15 N–H and O–H groups in total. The molecule has 11 atom stereocenters. The van der Waals surface area contributed by atoms with Gasteiger partial charge in [0.15, 0.2) is 29.0 Å². The van der Waals surface area contributed by atoms with Gasteiger partial charge in [-0.3, -0.25) is 57.5 Å². The number of aliphatic carboxylic acids is 1. The van der Waals surface area contributed by atoms with Crippen LogP contribution < -0.4 is 42.8 Å². The minimum absolute atomic E-state index is 0.00915. The number of aliphatic hydroxyl groups excluding tert-OH is 3. The second kappa shape index (κ2) is 42.0. The van der Waals surface area contributed by atoms with Crippen LogP contribution in [0.25, 0.3) is 11.1 Å². The Morgan fingerprint density at radius 3 is 2.04 bits per heavy atom. The lowest BCUT2D eigenvalue weighted by molar-refractivity contribution is -0.145. The number of aromatic nitrogens is 6. The number of likely N-dealkylation sites (tertiary alicyclic amines) is 1. The van der Waals surface area contributed by atoms with Gasteiger partial charge in [0.25, 0.3) is 0 Å². The fraction of sp³-hybridized carbons (Fsp3) is 0.500. The van der Waals surface area contributed by atoms with Crippen molar-refractivity contribution in [1.82, 2.24) is 62.1 Å². The lowest BCUT2D eigenvalue weighted by atomic mass is 9.76. The van der Waals surface area contributed by atoms with Crippen molar-refractivity contribution in [2.24, 2.45) is 34.1 Å². The number of rotatable bonds is 48. The standard InChI is InChI=1S/C80H105FN14O17/c1-8-52-36-58(112-31-12-11-28-82)22-23-59(52)53-20-18-50(19-21-53)35-55(74(107)86-61(73(83)106)17-13-14-51-33-46(2)32-47(3)34-51)37-65(100)63(40-70(104)105)87-75(108)56(44-96)38-66(101)71(48(4)97)90-76(109)79(6,41-54-15-9-10-16-60(54)81)42-67(102)72(49(5)98)89-69(103)25-24-64(99)62(39-68-91-93-94-92-68)88-77(110)80(7)27-30-95(78(80)111)29-26-57-43-84-45-85-57/h9-10,15-16,18-23,32-34,36,43,45,48-49,55-56,61-63,71-72,96-98H,8,11-14,17,24-31,35,37-42,44,82H2,1-7H3,(H2,83,106)(H,84,85)(H,86,107)(H,87,108)(H,88,110)(H,89,103)(H,90,109)(H,104,105)(H,91,92,93,94)/t48-,49-,55-,56+,61+,62+,63+,71+,72+,79-,80+/m1/s1. The smallest absolute Gasteiger partial charge is 0.305 e. The highest BCUT2D eigenvalue weighted by molar-refractivity contribution is 6.07. The zero-order valence-corrected chi connectivity index (χ0v) is 64.4. The first-order chi connectivity index (χ1) is 53.2. The summed E-state index contributed by atoms with van der Waals surface area (Å²) in [5.74, 6) is -14.8. The number of ether oxygens (including phenoxy) is 1. The van der Waals surface area contributed by atoms with Crippen LogP contribution in [-0.4, -0.2) is 202 Å². The Hall–Kier alpha value is -10.8. The number of carbonyl (C=O) groups is 12. The van der Waals surface area contributed by atoms with E-state index in [1.807, 2.05) is 69.3 Å². The van der Waals surface area contributed by atoms with Crippen LogP contribution in [0.15, 0.2) is 97.5 Å². The van der Waals surface area contributed by atoms with Gasteiger partial charge in [-0.2, -0.15) is 5.21 Å². The highest BCUT2D eigenvalue weighted by atomic mass is 19.1. The molecule has 112 heavy (non-hydrogen) atoms. The van der Waals surface area contributed by atoms with Gasteiger partial charge in [0.1, 0.15) is 35.1 Å². The minimum atomic E-state index is -2.10. The summed E-state index contributed by atoms with van der Waals surface area (Å²) >= 11 is 0. The molecule has 4 aromatic carbocycles. The normalized spacial score (nSPS) is 16.4. The zero-order valence-electron chi connectivity index (χ0n) is 64.4. The second-order valence-corrected chi connectivity index (χ2v) is 29.5. The number of imidazole rings is 1. The molecule has 0 radical (unpaired) electrons. The third kappa shape index (κ3) is 25.6. The van der Waals surface area contributed by atoms with Crippen LogP contribution in [0.2, 0.25) is 0 Å². The number of carboxylic acids is 1. The molecule has 3 heterocycles. The Bertz CT molecular complexity index is 4230. The van der Waals surface area contributed by atoms with E-state index in [-0.39, 0.29) is 50.2 Å². The molecule has 1 saturated heterocycles. The molecule has 1 aliphatic heterocycles. The van der Waals surface area contributed by atoms with Crippen molar-refractivity contribution in [2.75, 3.05) is 32.8 Å². The summed E-state index contributed by atoms with van der Waals surface area (Å²) in [6, 6.07) is 16.0. The number of nitrogens with one attached hydrogen (secondary N) is 7. The van der Waals surface area contributed by atoms with Crippen molar-refractivity contribution in [3.63, 3.8) is 0 Å². The number of carboxylic acid groups (broad SMARTS) is 1. The van der Waals surface area contributed by atoms with E-state index in [0.29, 0.717) is 50.1 Å². The van der Waals surface area contributed by atoms with Gasteiger partial charge < -0.3 is 73.1 Å². The van der Waals surface area contributed by atoms with E-state index in [2.05, 4.69) is 57.2 Å². The number of hydrogen-bond donors (Lipinski definition) is 13. The fourth-order valence-electron chi connectivity index (χ4n) is 13.8. The van der Waals surface area contributed by atoms with Crippen LogP contribution >= 0.6 is 0 Å². The summed E-state index contributed by atoms with van der Waals surface area (Å²) in [6.07, 6.45) is -2.26. The van der Waals surface area contributed by atoms with Crippen LogP contribution in [0.5, 0.6) is 5.75 Å². The molecule has 0 saturated carbocycles. The second-order valence-electron chi connectivity index (χ2n) is 29.5. The molecule has 31 nitrogen and oxygen atoms in total. The summed E-state index contributed by atoms with van der Waals surface area (Å²) in [6.45, 7) is 11.3. The Morgan fingerprint density at radius 1 is 0.741 bits per heavy atom. The van der Waals surface area contributed by atoms with Gasteiger partial charge in [0.05, 0.1) is 61.6 Å². The fourth-order valence-corrected chi connectivity index (χ4v) is 13.8. The van der Waals surface area contributed by atoms with Gasteiger partial charge in [-0.1, -0.05) is 96.9 Å². The third-order valence-electron chi connectivity index (χ3n) is 20.2. The molecule has 0 spiro atoms. The molecule has 604 valence electrons. The van der Waals surface area contributed by atoms with Crippen LogP contribution in [0.1, 0.15) is 150 Å². The van der Waals surface area contributed by atoms with Crippen LogP contribution in [0.4, 0.5) is 4.39 Å². The molecule has 1 fully saturated rings. The number of H-pyrrole nitrogens is 2. The van der Waals surface area contributed by atoms with E-state index in [0.717, 1.165) is 71.8 Å². The number of aryl methyl sites for hydroxylation is 4. The predicted octanol–water partition coefficient (Wildman–Crippen LogP) is 3.16. The number of amides is 7. The molecule has 0 unspecified atom stereocenters. The average Bonchev–Trinajstić information content (AvgIpc) is 1.64. The summed E-state index contributed by atoms with van der Waals surface area (Å²) in [4.78, 5) is 177. The van der Waals surface area contributed by atoms with Gasteiger partial charge in [0, 0.05) is 75.8 Å². The number of carbonyl (C=O) groups excluding carboxylic acids is 11. The first kappa shape index (κ1) is 88.4. The van der Waals surface area contributed by atoms with E-state index in [4.69, 9.17) is 16.2 Å². The first-order valence-electron chi connectivity index (χ1n) is 37.7. The number of tetrazole rings is 1. The molecular weight excluding hydrogens is 1450 g/mol. The molecule has 1 aliphatic rings. The first-order valence-corrected chi connectivity index (χ1v) is 37.7. The van der Waals surface area contributed by atoms with E-state index in [1.54, 1.807) is 18.3 Å². The molecule has 7 rings (SSSR count). The Kier molecular flexibility index (Phi) is 33.1. The van der Waals surface area contributed by atoms with E-state index in [1.165, 1.54) is 43.3 Å². The van der Waals surface area contributed by atoms with Crippen LogP contribution in [0.3, 0.4) is 0 Å². The molecule has 0 bridgehead atoms. The van der Waals surface area contributed by atoms with Crippen molar-refractivity contribution in [3.05, 3.63) is 148 Å². The number of halogens is 1. The van der Waals surface area contributed by atoms with Crippen LogP contribution in [0, 0.1) is 42.3 Å². The summed E-state index contributed by atoms with van der Waals surface area (Å²) in [5, 5.41) is 69.1. The highest BCUT2D eigenvalue weighted by Crippen LogP contribution is 2.35. The number of benzene rings is 4. The Balaban J connectivity index is 1.04. The van der Waals surface area contributed by atoms with E-state index >= 15 is 4.39 Å². The summed E-state index contributed by atoms with van der Waals surface area (Å²) in [7, 11) is 0. The lowest BCUT2D eigenvalue weighted by Crippen LogP contribution is -2.55. The van der Waals surface area contributed by atoms with Gasteiger partial charge >= 0.3 is 5.97 Å². The molecule has 0 aliphatic carbocycles. The minimum Gasteiger partial charge on any atom is -0.494 e. The molecular formula is C80H105FN14O17. The third-order valence-corrected chi connectivity index (χ3v) is 20.2. The van der Waals surface area contributed by atoms with E-state index in [9.17, 15) is 78.0 Å². The topological polar surface area (TPSA) is 494 Å². The van der Waals surface area contributed by atoms with Gasteiger partial charge in [-0.05, 0) is 151 Å². The number of nitrogens with zero attached hydrogens (tertiary/aromatic N) is 5. The molecule has 32 heteroatoms. The van der Waals surface area contributed by atoms with Crippen molar-refractivity contribution in [3.8, 4) is 16.9 Å². The summed E-state index contributed by atoms with van der Waals surface area (Å²) in [5.41, 5.74) is 14.9. The van der Waals surface area contributed by atoms with Gasteiger partial charge in [0.2, 0.25) is 41.4 Å². The van der Waals surface area contributed by atoms with Gasteiger partial charge in [-0.15, -0.1) is 10.2 Å². The zero-order chi connectivity index (χ0) is 82.0. The number of ketones is 4. The SMILES string of the molecule is CCc1cc(OCCCCN)ccc1-c1ccc(C[C@H](CC(=O)[C@H](CC(=O)O)NC(=O)[C@H](CO)CC(=O)[C@@H](NC(=O)[C@@](C)(CC(=O)[C@@H](NC(=O)CCC(=O)[C@H](Cc2nn[nH]n2)NC(=O)[C@]2(C)CCN(CCc3cnc[nH]3)C2=O)[C@@H](C)O)Cc2ccccc2F)[C@@H](C)O)C(=O)N[C@@H](CCCc2cc(C)cc(C)c2)C(N)=O)cc1. The molecule has 7 amide bonds. The number of hydrogen-bond acceptors (Lipinski definition) is 21. The largest absolute Gasteiger partial charge is 0.494 e. The Morgan fingerprint density at radius 2 is 1.42 bits per heavy atom. The average molecular weight is 1550 g/mol. The number of aromatic amines is 2. The number of primary amides is 1. The molecule has 2 aromatic heterocycles. The van der Waals surface area contributed by atoms with Crippen molar-refractivity contribution < 1.29 is 87.1 Å². The number of unbranched alkanes of at least 4 members (excludes halogenated alkanes) is 1. The maximum Gasteiger partial charge on any atom is 0.305 e.